The zero-order chi connectivity index (χ0) is 13.8. The molecule has 1 aliphatic rings. The molecule has 0 heterocycles. The summed E-state index contributed by atoms with van der Waals surface area (Å²) in [5.41, 5.74) is -0.753. The average molecular weight is 257 g/mol. The van der Waals surface area contributed by atoms with Gasteiger partial charge in [-0.15, -0.1) is 0 Å². The summed E-state index contributed by atoms with van der Waals surface area (Å²) in [5, 5.41) is 22.3. The number of carbonyl (C=O) groups excluding carboxylic acids is 1. The van der Waals surface area contributed by atoms with Crippen molar-refractivity contribution in [2.24, 2.45) is 5.41 Å². The summed E-state index contributed by atoms with van der Waals surface area (Å²) >= 11 is 0. The Morgan fingerprint density at radius 1 is 1.33 bits per heavy atom. The molecule has 106 valence electrons. The van der Waals surface area contributed by atoms with Crippen molar-refractivity contribution in [2.45, 2.75) is 70.9 Å². The monoisotopic (exact) mass is 257 g/mol. The van der Waals surface area contributed by atoms with E-state index in [0.29, 0.717) is 12.8 Å². The average Bonchev–Trinajstić information content (AvgIpc) is 2.61. The second-order valence-corrected chi connectivity index (χ2v) is 6.82. The molecule has 1 atom stereocenters. The van der Waals surface area contributed by atoms with E-state index in [1.54, 1.807) is 0 Å². The number of hydrogen-bond donors (Lipinski definition) is 3. The molecule has 0 aromatic heterocycles. The van der Waals surface area contributed by atoms with Gasteiger partial charge in [-0.05, 0) is 24.7 Å². The summed E-state index contributed by atoms with van der Waals surface area (Å²) in [5.74, 6) is -0.150. The van der Waals surface area contributed by atoms with Crippen molar-refractivity contribution >= 4 is 5.91 Å². The predicted octanol–water partition coefficient (Wildman–Crippen LogP) is 1.59. The van der Waals surface area contributed by atoms with Crippen LogP contribution in [0.5, 0.6) is 0 Å². The Kier molecular flexibility index (Phi) is 5.17. The van der Waals surface area contributed by atoms with Crippen molar-refractivity contribution in [1.82, 2.24) is 5.32 Å². The lowest BCUT2D eigenvalue weighted by atomic mass is 9.88. The predicted molar refractivity (Wildman–Crippen MR) is 71.1 cm³/mol. The van der Waals surface area contributed by atoms with Crippen LogP contribution >= 0.6 is 0 Å². The largest absolute Gasteiger partial charge is 0.394 e. The first-order chi connectivity index (χ1) is 8.24. The number of carbonyl (C=O) groups is 1. The molecular formula is C14H27NO3. The van der Waals surface area contributed by atoms with Crippen LogP contribution in [0.3, 0.4) is 0 Å². The molecule has 0 aromatic carbocycles. The Morgan fingerprint density at radius 2 is 1.89 bits per heavy atom. The van der Waals surface area contributed by atoms with Gasteiger partial charge >= 0.3 is 0 Å². The van der Waals surface area contributed by atoms with Gasteiger partial charge in [0.15, 0.2) is 0 Å². The van der Waals surface area contributed by atoms with E-state index in [1.807, 2.05) is 0 Å². The second kappa shape index (κ2) is 6.02. The van der Waals surface area contributed by atoms with E-state index >= 15 is 0 Å². The van der Waals surface area contributed by atoms with Gasteiger partial charge in [0.2, 0.25) is 5.91 Å². The van der Waals surface area contributed by atoms with Gasteiger partial charge in [-0.1, -0.05) is 33.6 Å². The molecule has 0 aromatic rings. The fourth-order valence-electron chi connectivity index (χ4n) is 2.69. The minimum absolute atomic E-state index is 0.0541. The topological polar surface area (TPSA) is 69.6 Å². The van der Waals surface area contributed by atoms with E-state index in [4.69, 9.17) is 0 Å². The number of hydrogen-bond acceptors (Lipinski definition) is 3. The maximum absolute atomic E-state index is 11.9. The molecule has 0 bridgehead atoms. The molecular weight excluding hydrogens is 230 g/mol. The fourth-order valence-corrected chi connectivity index (χ4v) is 2.69. The zero-order valence-corrected chi connectivity index (χ0v) is 11.8. The van der Waals surface area contributed by atoms with Crippen molar-refractivity contribution < 1.29 is 15.0 Å². The summed E-state index contributed by atoms with van der Waals surface area (Å²) < 4.78 is 0. The number of amides is 1. The van der Waals surface area contributed by atoms with E-state index in [2.05, 4.69) is 26.1 Å². The first-order valence-corrected chi connectivity index (χ1v) is 6.87. The molecule has 4 nitrogen and oxygen atoms in total. The third kappa shape index (κ3) is 5.36. The Morgan fingerprint density at radius 3 is 2.33 bits per heavy atom. The smallest absolute Gasteiger partial charge is 0.223 e. The first kappa shape index (κ1) is 15.4. The van der Waals surface area contributed by atoms with Crippen molar-refractivity contribution in [3.63, 3.8) is 0 Å². The Hall–Kier alpha value is -0.610. The first-order valence-electron chi connectivity index (χ1n) is 6.87. The highest BCUT2D eigenvalue weighted by atomic mass is 16.3. The number of aliphatic hydroxyl groups is 2. The fraction of sp³-hybridized carbons (Fsp3) is 0.929. The van der Waals surface area contributed by atoms with Gasteiger partial charge in [0.1, 0.15) is 0 Å². The molecule has 4 heteroatoms. The maximum Gasteiger partial charge on any atom is 0.223 e. The van der Waals surface area contributed by atoms with Crippen LogP contribution in [0.4, 0.5) is 0 Å². The molecule has 1 amide bonds. The van der Waals surface area contributed by atoms with E-state index in [9.17, 15) is 15.0 Å². The third-order valence-corrected chi connectivity index (χ3v) is 3.47. The maximum atomic E-state index is 11.9. The number of nitrogens with one attached hydrogen (secondary N) is 1. The van der Waals surface area contributed by atoms with Gasteiger partial charge in [0, 0.05) is 0 Å². The number of rotatable bonds is 5. The van der Waals surface area contributed by atoms with Crippen molar-refractivity contribution in [2.75, 3.05) is 6.61 Å². The quantitative estimate of drug-likeness (QED) is 0.700. The molecule has 0 aliphatic heterocycles. The van der Waals surface area contributed by atoms with Crippen LogP contribution in [-0.2, 0) is 4.79 Å². The van der Waals surface area contributed by atoms with E-state index < -0.39 is 5.60 Å². The molecule has 1 unspecified atom stereocenters. The lowest BCUT2D eigenvalue weighted by molar-refractivity contribution is -0.127. The number of aliphatic hydroxyl groups excluding tert-OH is 1. The molecule has 1 rings (SSSR count). The highest BCUT2D eigenvalue weighted by molar-refractivity contribution is 5.77. The molecule has 0 spiro atoms. The van der Waals surface area contributed by atoms with Crippen LogP contribution in [0, 0.1) is 5.41 Å². The standard InChI is InChI=1S/C14H27NO3/c1-13(2,3)8-11(10-16)15-12(17)9-14(18)6-4-5-7-14/h11,16,18H,4-10H2,1-3H3,(H,15,17). The van der Waals surface area contributed by atoms with Crippen LogP contribution in [0.25, 0.3) is 0 Å². The molecule has 1 saturated carbocycles. The van der Waals surface area contributed by atoms with E-state index in [1.165, 1.54) is 0 Å². The normalized spacial score (nSPS) is 20.7. The molecule has 3 N–H and O–H groups in total. The van der Waals surface area contributed by atoms with Crippen LogP contribution in [-0.4, -0.2) is 34.4 Å². The molecule has 1 fully saturated rings. The molecule has 0 saturated heterocycles. The lowest BCUT2D eigenvalue weighted by Crippen LogP contribution is -2.43. The molecule has 18 heavy (non-hydrogen) atoms. The van der Waals surface area contributed by atoms with Gasteiger partial charge in [-0.2, -0.15) is 0 Å². The lowest BCUT2D eigenvalue weighted by Gasteiger charge is -2.27. The van der Waals surface area contributed by atoms with Gasteiger partial charge in [0.05, 0.1) is 24.7 Å². The van der Waals surface area contributed by atoms with Crippen LogP contribution in [0.15, 0.2) is 0 Å². The van der Waals surface area contributed by atoms with Gasteiger partial charge < -0.3 is 15.5 Å². The summed E-state index contributed by atoms with van der Waals surface area (Å²) in [6.45, 7) is 6.17. The van der Waals surface area contributed by atoms with Crippen LogP contribution in [0.1, 0.15) is 59.3 Å². The SMILES string of the molecule is CC(C)(C)CC(CO)NC(=O)CC1(O)CCCC1. The Labute approximate surface area is 110 Å². The Bertz CT molecular complexity index is 277. The highest BCUT2D eigenvalue weighted by Gasteiger charge is 2.34. The van der Waals surface area contributed by atoms with Crippen LogP contribution < -0.4 is 5.32 Å². The van der Waals surface area contributed by atoms with Crippen LogP contribution in [0.2, 0.25) is 0 Å². The summed E-state index contributed by atoms with van der Waals surface area (Å²) in [4.78, 5) is 11.9. The van der Waals surface area contributed by atoms with Crippen molar-refractivity contribution in [3.8, 4) is 0 Å². The van der Waals surface area contributed by atoms with Gasteiger partial charge in [-0.25, -0.2) is 0 Å². The van der Waals surface area contributed by atoms with Crippen molar-refractivity contribution in [1.29, 1.82) is 0 Å². The molecule has 1 aliphatic carbocycles. The molecule has 0 radical (unpaired) electrons. The summed E-state index contributed by atoms with van der Waals surface area (Å²) in [7, 11) is 0. The highest BCUT2D eigenvalue weighted by Crippen LogP contribution is 2.32. The van der Waals surface area contributed by atoms with E-state index in [-0.39, 0.29) is 30.4 Å². The second-order valence-electron chi connectivity index (χ2n) is 6.82. The van der Waals surface area contributed by atoms with Gasteiger partial charge in [-0.3, -0.25) is 4.79 Å². The van der Waals surface area contributed by atoms with Gasteiger partial charge in [0.25, 0.3) is 0 Å². The third-order valence-electron chi connectivity index (χ3n) is 3.47. The minimum Gasteiger partial charge on any atom is -0.394 e. The minimum atomic E-state index is -0.814. The zero-order valence-electron chi connectivity index (χ0n) is 11.8. The van der Waals surface area contributed by atoms with E-state index in [0.717, 1.165) is 19.3 Å². The Balaban J connectivity index is 2.42. The summed E-state index contributed by atoms with van der Waals surface area (Å²) in [6.07, 6.45) is 4.30. The summed E-state index contributed by atoms with van der Waals surface area (Å²) in [6, 6.07) is -0.220. The van der Waals surface area contributed by atoms with Crippen molar-refractivity contribution in [3.05, 3.63) is 0 Å².